The first-order valence-electron chi connectivity index (χ1n) is 10.7. The average Bonchev–Trinajstić information content (AvgIpc) is 2.93. The molecular weight excluding hydrogens is 392 g/mol. The number of benzene rings is 1. The Morgan fingerprint density at radius 2 is 1.79 bits per heavy atom. The molecule has 3 aliphatic heterocycles. The fraction of sp³-hybridized carbons (Fsp3) is 0.682. The van der Waals surface area contributed by atoms with E-state index in [0.29, 0.717) is 43.0 Å². The fourth-order valence-electron chi connectivity index (χ4n) is 4.59. The number of piperidine rings is 1. The van der Waals surface area contributed by atoms with Crippen molar-refractivity contribution in [1.82, 2.24) is 9.80 Å². The van der Waals surface area contributed by atoms with Crippen molar-refractivity contribution < 1.29 is 19.0 Å². The Kier molecular flexibility index (Phi) is 6.52. The zero-order valence-corrected chi connectivity index (χ0v) is 18.1. The van der Waals surface area contributed by atoms with Crippen LogP contribution in [0.1, 0.15) is 38.7 Å². The molecule has 2 saturated heterocycles. The molecule has 160 valence electrons. The minimum Gasteiger partial charge on any atom is -0.489 e. The average molecular weight is 423 g/mol. The van der Waals surface area contributed by atoms with Gasteiger partial charge < -0.3 is 19.1 Å². The van der Waals surface area contributed by atoms with E-state index in [1.54, 1.807) is 0 Å². The highest BCUT2D eigenvalue weighted by Gasteiger charge is 2.32. The largest absolute Gasteiger partial charge is 0.489 e. The first-order chi connectivity index (χ1) is 14.0. The molecule has 0 N–H and O–H groups in total. The Labute approximate surface area is 178 Å². The number of halogens is 1. The van der Waals surface area contributed by atoms with Crippen molar-refractivity contribution in [3.8, 4) is 11.5 Å². The molecule has 29 heavy (non-hydrogen) atoms. The predicted molar refractivity (Wildman–Crippen MR) is 112 cm³/mol. The third-order valence-corrected chi connectivity index (χ3v) is 6.22. The molecule has 7 heteroatoms. The van der Waals surface area contributed by atoms with Gasteiger partial charge in [-0.25, -0.2) is 0 Å². The maximum atomic E-state index is 13.0. The number of rotatable bonds is 3. The molecule has 0 aromatic heterocycles. The van der Waals surface area contributed by atoms with Crippen molar-refractivity contribution in [2.75, 3.05) is 39.4 Å². The third kappa shape index (κ3) is 4.98. The van der Waals surface area contributed by atoms with E-state index in [9.17, 15) is 4.79 Å². The number of amides is 1. The molecule has 2 atom stereocenters. The number of carbonyl (C=O) groups is 1. The van der Waals surface area contributed by atoms with E-state index in [1.165, 1.54) is 0 Å². The van der Waals surface area contributed by atoms with E-state index in [-0.39, 0.29) is 18.1 Å². The Morgan fingerprint density at radius 3 is 2.52 bits per heavy atom. The Bertz CT molecular complexity index is 726. The van der Waals surface area contributed by atoms with E-state index < -0.39 is 0 Å². The topological polar surface area (TPSA) is 51.2 Å². The van der Waals surface area contributed by atoms with Gasteiger partial charge in [-0.05, 0) is 57.5 Å². The van der Waals surface area contributed by atoms with Gasteiger partial charge in [-0.2, -0.15) is 0 Å². The van der Waals surface area contributed by atoms with Crippen molar-refractivity contribution in [3.63, 3.8) is 0 Å². The first kappa shape index (κ1) is 20.8. The Hall–Kier alpha value is -1.50. The highest BCUT2D eigenvalue weighted by atomic mass is 35.5. The normalized spacial score (nSPS) is 26.2. The number of fused-ring (bicyclic) bond motifs is 1. The standard InChI is InChI=1S/C22H31ClN2O4/c1-15-12-25(13-16(2)29-15)22(26)18-4-6-24(7-5-18)14-17-10-19(23)21-20(11-17)27-8-3-9-28-21/h10-11,15-16,18H,3-9,12-14H2,1-2H3. The van der Waals surface area contributed by atoms with Gasteiger partial charge in [0, 0.05) is 32.0 Å². The van der Waals surface area contributed by atoms with Crippen molar-refractivity contribution >= 4 is 17.5 Å². The van der Waals surface area contributed by atoms with Gasteiger partial charge >= 0.3 is 0 Å². The number of likely N-dealkylation sites (tertiary alicyclic amines) is 1. The smallest absolute Gasteiger partial charge is 0.225 e. The SMILES string of the molecule is CC1CN(C(=O)C2CCN(Cc3cc(Cl)c4c(c3)OCCCO4)CC2)CC(C)O1. The number of ether oxygens (including phenoxy) is 3. The van der Waals surface area contributed by atoms with Crippen molar-refractivity contribution in [2.24, 2.45) is 5.92 Å². The Balaban J connectivity index is 1.33. The van der Waals surface area contributed by atoms with Crippen LogP contribution in [-0.2, 0) is 16.1 Å². The van der Waals surface area contributed by atoms with E-state index in [1.807, 2.05) is 30.9 Å². The second-order valence-corrected chi connectivity index (χ2v) is 8.91. The summed E-state index contributed by atoms with van der Waals surface area (Å²) >= 11 is 6.43. The van der Waals surface area contributed by atoms with Crippen molar-refractivity contribution in [2.45, 2.75) is 51.9 Å². The molecule has 1 aromatic carbocycles. The summed E-state index contributed by atoms with van der Waals surface area (Å²) in [5.41, 5.74) is 1.12. The van der Waals surface area contributed by atoms with Crippen LogP contribution in [0, 0.1) is 5.92 Å². The van der Waals surface area contributed by atoms with E-state index >= 15 is 0 Å². The van der Waals surface area contributed by atoms with Gasteiger partial charge in [0.25, 0.3) is 0 Å². The van der Waals surface area contributed by atoms with E-state index in [2.05, 4.69) is 4.90 Å². The molecule has 0 aliphatic carbocycles. The summed E-state index contributed by atoms with van der Waals surface area (Å²) in [4.78, 5) is 17.3. The van der Waals surface area contributed by atoms with Crippen LogP contribution in [0.4, 0.5) is 0 Å². The summed E-state index contributed by atoms with van der Waals surface area (Å²) in [6, 6.07) is 4.02. The Morgan fingerprint density at radius 1 is 1.10 bits per heavy atom. The molecule has 3 heterocycles. The lowest BCUT2D eigenvalue weighted by atomic mass is 9.94. The highest BCUT2D eigenvalue weighted by Crippen LogP contribution is 2.38. The van der Waals surface area contributed by atoms with Gasteiger partial charge in [-0.15, -0.1) is 0 Å². The third-order valence-electron chi connectivity index (χ3n) is 5.94. The molecule has 1 amide bonds. The molecular formula is C22H31ClN2O4. The summed E-state index contributed by atoms with van der Waals surface area (Å²) < 4.78 is 17.3. The van der Waals surface area contributed by atoms with Gasteiger partial charge in [0.2, 0.25) is 5.91 Å². The minimum atomic E-state index is 0.118. The lowest BCUT2D eigenvalue weighted by Gasteiger charge is -2.39. The molecule has 2 unspecified atom stereocenters. The number of morpholine rings is 1. The van der Waals surface area contributed by atoms with Crippen LogP contribution < -0.4 is 9.47 Å². The van der Waals surface area contributed by atoms with Crippen LogP contribution in [0.2, 0.25) is 5.02 Å². The second kappa shape index (κ2) is 9.11. The lowest BCUT2D eigenvalue weighted by Crippen LogP contribution is -2.51. The quantitative estimate of drug-likeness (QED) is 0.747. The molecule has 0 radical (unpaired) electrons. The molecule has 1 aromatic rings. The maximum absolute atomic E-state index is 13.0. The number of hydrogen-bond acceptors (Lipinski definition) is 5. The summed E-state index contributed by atoms with van der Waals surface area (Å²) in [5.74, 6) is 1.82. The van der Waals surface area contributed by atoms with Gasteiger partial charge in [-0.1, -0.05) is 11.6 Å². The highest BCUT2D eigenvalue weighted by molar-refractivity contribution is 6.32. The van der Waals surface area contributed by atoms with Crippen molar-refractivity contribution in [3.05, 3.63) is 22.7 Å². The first-order valence-corrected chi connectivity index (χ1v) is 11.1. The molecule has 3 aliphatic rings. The molecule has 2 fully saturated rings. The molecule has 6 nitrogen and oxygen atoms in total. The number of nitrogens with zero attached hydrogens (tertiary/aromatic N) is 2. The predicted octanol–water partition coefficient (Wildman–Crippen LogP) is 3.35. The van der Waals surface area contributed by atoms with Gasteiger partial charge in [0.15, 0.2) is 11.5 Å². The van der Waals surface area contributed by atoms with Crippen LogP contribution in [0.15, 0.2) is 12.1 Å². The summed E-state index contributed by atoms with van der Waals surface area (Å²) in [6.07, 6.45) is 2.90. The monoisotopic (exact) mass is 422 g/mol. The molecule has 4 rings (SSSR count). The van der Waals surface area contributed by atoms with Crippen LogP contribution in [0.3, 0.4) is 0 Å². The van der Waals surface area contributed by atoms with Crippen LogP contribution in [0.25, 0.3) is 0 Å². The molecule has 0 spiro atoms. The molecule has 0 saturated carbocycles. The second-order valence-electron chi connectivity index (χ2n) is 8.51. The van der Waals surface area contributed by atoms with E-state index in [0.717, 1.165) is 50.2 Å². The number of carbonyl (C=O) groups excluding carboxylic acids is 1. The van der Waals surface area contributed by atoms with Crippen LogP contribution >= 0.6 is 11.6 Å². The van der Waals surface area contributed by atoms with Gasteiger partial charge in [0.05, 0.1) is 30.4 Å². The van der Waals surface area contributed by atoms with Gasteiger partial charge in [0.1, 0.15) is 0 Å². The maximum Gasteiger partial charge on any atom is 0.225 e. The molecule has 0 bridgehead atoms. The summed E-state index contributed by atoms with van der Waals surface area (Å²) in [7, 11) is 0. The fourth-order valence-corrected chi connectivity index (χ4v) is 4.88. The zero-order valence-electron chi connectivity index (χ0n) is 17.4. The van der Waals surface area contributed by atoms with Gasteiger partial charge in [-0.3, -0.25) is 9.69 Å². The summed E-state index contributed by atoms with van der Waals surface area (Å²) in [5, 5.41) is 0.611. The minimum absolute atomic E-state index is 0.118. The van der Waals surface area contributed by atoms with Crippen LogP contribution in [-0.4, -0.2) is 67.3 Å². The lowest BCUT2D eigenvalue weighted by molar-refractivity contribution is -0.148. The van der Waals surface area contributed by atoms with E-state index in [4.69, 9.17) is 25.8 Å². The van der Waals surface area contributed by atoms with Crippen molar-refractivity contribution in [1.29, 1.82) is 0 Å². The zero-order chi connectivity index (χ0) is 20.4. The number of hydrogen-bond donors (Lipinski definition) is 0. The van der Waals surface area contributed by atoms with Crippen LogP contribution in [0.5, 0.6) is 11.5 Å². The summed E-state index contributed by atoms with van der Waals surface area (Å²) in [6.45, 7) is 9.42.